The molecule has 5 nitrogen and oxygen atoms in total. The second-order valence-corrected chi connectivity index (χ2v) is 5.63. The van der Waals surface area contributed by atoms with Gasteiger partial charge >= 0.3 is 0 Å². The lowest BCUT2D eigenvalue weighted by molar-refractivity contribution is 0.123. The van der Waals surface area contributed by atoms with E-state index in [1.165, 1.54) is 5.56 Å². The number of rotatable bonds is 8. The molecule has 0 radical (unpaired) electrons. The molecule has 6 heteroatoms. The standard InChI is InChI=1S/C17H23N3O2S/c1-18-17(20-11-14-7-10-23-13-14)19-8-9-22-12-15-5-3-4-6-16(15)21-2/h3-7,10,13H,8-9,11-12H2,1-2H3,(H2,18,19,20). The van der Waals surface area contributed by atoms with Gasteiger partial charge in [0.2, 0.25) is 0 Å². The fourth-order valence-corrected chi connectivity index (χ4v) is 2.71. The molecular weight excluding hydrogens is 310 g/mol. The Balaban J connectivity index is 1.64. The van der Waals surface area contributed by atoms with Gasteiger partial charge in [0.15, 0.2) is 5.96 Å². The Hall–Kier alpha value is -2.05. The van der Waals surface area contributed by atoms with Gasteiger partial charge < -0.3 is 20.1 Å². The van der Waals surface area contributed by atoms with E-state index < -0.39 is 0 Å². The first-order valence-corrected chi connectivity index (χ1v) is 8.43. The van der Waals surface area contributed by atoms with Crippen LogP contribution < -0.4 is 15.4 Å². The maximum atomic E-state index is 5.68. The average Bonchev–Trinajstić information content (AvgIpc) is 3.11. The third kappa shape index (κ3) is 5.92. The topological polar surface area (TPSA) is 54.9 Å². The van der Waals surface area contributed by atoms with E-state index in [-0.39, 0.29) is 0 Å². The molecule has 2 aromatic rings. The summed E-state index contributed by atoms with van der Waals surface area (Å²) >= 11 is 1.69. The molecule has 1 heterocycles. The second kappa shape index (κ2) is 9.86. The molecule has 0 amide bonds. The highest BCUT2D eigenvalue weighted by atomic mass is 32.1. The largest absolute Gasteiger partial charge is 0.496 e. The van der Waals surface area contributed by atoms with E-state index in [1.54, 1.807) is 25.5 Å². The van der Waals surface area contributed by atoms with E-state index in [1.807, 2.05) is 24.3 Å². The van der Waals surface area contributed by atoms with Crippen LogP contribution in [0.15, 0.2) is 46.1 Å². The molecular formula is C17H23N3O2S. The van der Waals surface area contributed by atoms with Crippen LogP contribution in [0.3, 0.4) is 0 Å². The van der Waals surface area contributed by atoms with Crippen molar-refractivity contribution in [3.05, 3.63) is 52.2 Å². The van der Waals surface area contributed by atoms with Gasteiger partial charge in [-0.2, -0.15) is 11.3 Å². The highest BCUT2D eigenvalue weighted by molar-refractivity contribution is 7.07. The molecule has 0 saturated carbocycles. The average molecular weight is 333 g/mol. The number of methoxy groups -OCH3 is 1. The molecule has 0 unspecified atom stereocenters. The number of hydrogen-bond acceptors (Lipinski definition) is 4. The SMILES string of the molecule is CN=C(NCCOCc1ccccc1OC)NCc1ccsc1. The lowest BCUT2D eigenvalue weighted by Gasteiger charge is -2.12. The third-order valence-corrected chi connectivity index (χ3v) is 3.98. The van der Waals surface area contributed by atoms with Crippen LogP contribution in [0.1, 0.15) is 11.1 Å². The predicted octanol–water partition coefficient (Wildman–Crippen LogP) is 2.64. The zero-order valence-electron chi connectivity index (χ0n) is 13.5. The molecule has 124 valence electrons. The van der Waals surface area contributed by atoms with Crippen molar-refractivity contribution in [1.82, 2.24) is 10.6 Å². The summed E-state index contributed by atoms with van der Waals surface area (Å²) < 4.78 is 11.0. The smallest absolute Gasteiger partial charge is 0.191 e. The van der Waals surface area contributed by atoms with E-state index in [0.29, 0.717) is 19.8 Å². The Bertz CT molecular complexity index is 600. The predicted molar refractivity (Wildman–Crippen MR) is 95.2 cm³/mol. The van der Waals surface area contributed by atoms with Crippen molar-refractivity contribution in [3.63, 3.8) is 0 Å². The Labute approximate surface area is 141 Å². The molecule has 0 aliphatic rings. The Morgan fingerprint density at radius 3 is 2.83 bits per heavy atom. The van der Waals surface area contributed by atoms with Crippen LogP contribution in [0, 0.1) is 0 Å². The normalized spacial score (nSPS) is 11.3. The van der Waals surface area contributed by atoms with Crippen LogP contribution in [0.4, 0.5) is 0 Å². The molecule has 0 saturated heterocycles. The van der Waals surface area contributed by atoms with Gasteiger partial charge in [-0.3, -0.25) is 4.99 Å². The monoisotopic (exact) mass is 333 g/mol. The van der Waals surface area contributed by atoms with Crippen molar-refractivity contribution in [2.24, 2.45) is 4.99 Å². The summed E-state index contributed by atoms with van der Waals surface area (Å²) in [5.74, 6) is 1.63. The highest BCUT2D eigenvalue weighted by Crippen LogP contribution is 2.17. The van der Waals surface area contributed by atoms with Gasteiger partial charge in [-0.1, -0.05) is 18.2 Å². The van der Waals surface area contributed by atoms with Crippen LogP contribution in [0.2, 0.25) is 0 Å². The summed E-state index contributed by atoms with van der Waals surface area (Å²) in [6.07, 6.45) is 0. The van der Waals surface area contributed by atoms with E-state index in [0.717, 1.165) is 23.8 Å². The number of aliphatic imine (C=N–C) groups is 1. The van der Waals surface area contributed by atoms with E-state index in [2.05, 4.69) is 32.5 Å². The minimum atomic E-state index is 0.534. The number of benzene rings is 1. The number of thiophene rings is 1. The molecule has 1 aromatic heterocycles. The van der Waals surface area contributed by atoms with Gasteiger partial charge in [-0.15, -0.1) is 0 Å². The van der Waals surface area contributed by atoms with Crippen molar-refractivity contribution < 1.29 is 9.47 Å². The third-order valence-electron chi connectivity index (χ3n) is 3.25. The molecule has 0 aliphatic heterocycles. The molecule has 0 aliphatic carbocycles. The van der Waals surface area contributed by atoms with Gasteiger partial charge in [0, 0.05) is 25.7 Å². The lowest BCUT2D eigenvalue weighted by atomic mass is 10.2. The van der Waals surface area contributed by atoms with Gasteiger partial charge in [-0.05, 0) is 28.5 Å². The van der Waals surface area contributed by atoms with Crippen LogP contribution >= 0.6 is 11.3 Å². The Morgan fingerprint density at radius 2 is 2.09 bits per heavy atom. The van der Waals surface area contributed by atoms with Crippen LogP contribution in [-0.4, -0.2) is 33.3 Å². The molecule has 0 fully saturated rings. The summed E-state index contributed by atoms with van der Waals surface area (Å²) in [6, 6.07) is 9.98. The number of hydrogen-bond donors (Lipinski definition) is 2. The molecule has 2 rings (SSSR count). The fourth-order valence-electron chi connectivity index (χ4n) is 2.05. The molecule has 23 heavy (non-hydrogen) atoms. The minimum absolute atomic E-state index is 0.534. The molecule has 2 N–H and O–H groups in total. The molecule has 0 atom stereocenters. The van der Waals surface area contributed by atoms with Crippen LogP contribution in [0.5, 0.6) is 5.75 Å². The minimum Gasteiger partial charge on any atom is -0.496 e. The van der Waals surface area contributed by atoms with E-state index in [4.69, 9.17) is 9.47 Å². The van der Waals surface area contributed by atoms with Crippen LogP contribution in [0.25, 0.3) is 0 Å². The van der Waals surface area contributed by atoms with Crippen molar-refractivity contribution in [2.45, 2.75) is 13.2 Å². The number of para-hydroxylation sites is 1. The zero-order valence-corrected chi connectivity index (χ0v) is 14.4. The summed E-state index contributed by atoms with van der Waals surface area (Å²) in [7, 11) is 3.43. The van der Waals surface area contributed by atoms with E-state index >= 15 is 0 Å². The number of nitrogens with zero attached hydrogens (tertiary/aromatic N) is 1. The molecule has 0 bridgehead atoms. The van der Waals surface area contributed by atoms with Gasteiger partial charge in [0.25, 0.3) is 0 Å². The maximum absolute atomic E-state index is 5.68. The zero-order chi connectivity index (χ0) is 16.3. The Morgan fingerprint density at radius 1 is 1.22 bits per heavy atom. The lowest BCUT2D eigenvalue weighted by Crippen LogP contribution is -2.38. The molecule has 0 spiro atoms. The van der Waals surface area contributed by atoms with E-state index in [9.17, 15) is 0 Å². The first kappa shape index (κ1) is 17.3. The maximum Gasteiger partial charge on any atom is 0.191 e. The van der Waals surface area contributed by atoms with Crippen molar-refractivity contribution >= 4 is 17.3 Å². The second-order valence-electron chi connectivity index (χ2n) is 4.85. The van der Waals surface area contributed by atoms with Crippen LogP contribution in [-0.2, 0) is 17.9 Å². The summed E-state index contributed by atoms with van der Waals surface area (Å²) in [6.45, 7) is 2.59. The van der Waals surface area contributed by atoms with Gasteiger partial charge in [0.1, 0.15) is 5.75 Å². The first-order chi connectivity index (χ1) is 11.3. The summed E-state index contributed by atoms with van der Waals surface area (Å²) in [4.78, 5) is 4.19. The van der Waals surface area contributed by atoms with Gasteiger partial charge in [0.05, 0.1) is 20.3 Å². The number of guanidine groups is 1. The fraction of sp³-hybridized carbons (Fsp3) is 0.353. The van der Waals surface area contributed by atoms with Crippen molar-refractivity contribution in [1.29, 1.82) is 0 Å². The highest BCUT2D eigenvalue weighted by Gasteiger charge is 2.02. The van der Waals surface area contributed by atoms with Gasteiger partial charge in [-0.25, -0.2) is 0 Å². The van der Waals surface area contributed by atoms with Crippen molar-refractivity contribution in [2.75, 3.05) is 27.3 Å². The molecule has 1 aromatic carbocycles. The Kier molecular flexibility index (Phi) is 7.42. The summed E-state index contributed by atoms with van der Waals surface area (Å²) in [5.41, 5.74) is 2.31. The first-order valence-electron chi connectivity index (χ1n) is 7.48. The number of nitrogens with one attached hydrogen (secondary N) is 2. The van der Waals surface area contributed by atoms with Crippen molar-refractivity contribution in [3.8, 4) is 5.75 Å². The number of ether oxygens (including phenoxy) is 2. The summed E-state index contributed by atoms with van der Waals surface area (Å²) in [5, 5.41) is 10.7. The quantitative estimate of drug-likeness (QED) is 0.443.